The van der Waals surface area contributed by atoms with Crippen LogP contribution in [-0.4, -0.2) is 13.1 Å². The minimum absolute atomic E-state index is 0.420. The number of halogens is 1. The molecule has 1 rings (SSSR count). The zero-order chi connectivity index (χ0) is 11.6. The van der Waals surface area contributed by atoms with Crippen LogP contribution in [0.25, 0.3) is 0 Å². The molecule has 2 N–H and O–H groups in total. The molecule has 4 heteroatoms. The normalized spacial score (nSPS) is 12.3. The fourth-order valence-electron chi connectivity index (χ4n) is 1.42. The lowest BCUT2D eigenvalue weighted by molar-refractivity contribution is -0.142. The Morgan fingerprint density at radius 2 is 1.87 bits per heavy atom. The number of nitrogens with two attached hydrogens (primary N) is 1. The Morgan fingerprint density at radius 3 is 2.27 bits per heavy atom. The minimum atomic E-state index is -0.708. The maximum absolute atomic E-state index is 11.3. The molecule has 0 radical (unpaired) electrons. The first-order valence-electron chi connectivity index (χ1n) is 4.57. The first-order chi connectivity index (χ1) is 6.97. The van der Waals surface area contributed by atoms with E-state index in [0.29, 0.717) is 0 Å². The predicted octanol–water partition coefficient (Wildman–Crippen LogP) is 2.24. The molecule has 0 spiro atoms. The summed E-state index contributed by atoms with van der Waals surface area (Å²) in [6.45, 7) is 3.93. The van der Waals surface area contributed by atoms with Crippen LogP contribution < -0.4 is 5.73 Å². The predicted molar refractivity (Wildman–Crippen MR) is 62.6 cm³/mol. The van der Waals surface area contributed by atoms with Crippen molar-refractivity contribution in [2.75, 3.05) is 7.11 Å². The summed E-state index contributed by atoms with van der Waals surface area (Å²) in [6, 6.07) is 3.07. The Labute approximate surface area is 97.7 Å². The molecule has 3 nitrogen and oxygen atoms in total. The summed E-state index contributed by atoms with van der Waals surface area (Å²) in [4.78, 5) is 11.3. The molecule has 1 unspecified atom stereocenters. The summed E-state index contributed by atoms with van der Waals surface area (Å²) in [7, 11) is 1.33. The zero-order valence-corrected chi connectivity index (χ0v) is 10.6. The van der Waals surface area contributed by atoms with Gasteiger partial charge in [-0.05, 0) is 30.5 Å². The van der Waals surface area contributed by atoms with Crippen LogP contribution in [0.3, 0.4) is 0 Å². The lowest BCUT2D eigenvalue weighted by Crippen LogP contribution is -2.22. The Balaban J connectivity index is 3.11. The molecule has 0 heterocycles. The number of benzene rings is 1. The number of esters is 1. The third-order valence-electron chi connectivity index (χ3n) is 2.27. The van der Waals surface area contributed by atoms with Crippen molar-refractivity contribution >= 4 is 21.9 Å². The highest BCUT2D eigenvalue weighted by atomic mass is 79.9. The summed E-state index contributed by atoms with van der Waals surface area (Å²) >= 11 is 3.46. The van der Waals surface area contributed by atoms with Gasteiger partial charge in [0.25, 0.3) is 0 Å². The van der Waals surface area contributed by atoms with Crippen LogP contribution in [0, 0.1) is 13.8 Å². The van der Waals surface area contributed by atoms with Gasteiger partial charge >= 0.3 is 5.97 Å². The van der Waals surface area contributed by atoms with E-state index >= 15 is 0 Å². The molecular weight excluding hydrogens is 258 g/mol. The number of hydrogen-bond acceptors (Lipinski definition) is 3. The van der Waals surface area contributed by atoms with Gasteiger partial charge in [0.1, 0.15) is 6.04 Å². The SMILES string of the molecule is COC(=O)C(N)c1cc(C)c(Br)c(C)c1. The summed E-state index contributed by atoms with van der Waals surface area (Å²) in [5, 5.41) is 0. The number of carbonyl (C=O) groups excluding carboxylic acids is 1. The van der Waals surface area contributed by atoms with Gasteiger partial charge in [-0.25, -0.2) is 0 Å². The molecule has 15 heavy (non-hydrogen) atoms. The van der Waals surface area contributed by atoms with Crippen LogP contribution in [0.4, 0.5) is 0 Å². The molecule has 1 aromatic carbocycles. The van der Waals surface area contributed by atoms with Crippen molar-refractivity contribution in [3.8, 4) is 0 Å². The van der Waals surface area contributed by atoms with Crippen molar-refractivity contribution in [2.45, 2.75) is 19.9 Å². The standard InChI is InChI=1S/C11H14BrNO2/c1-6-4-8(5-7(2)9(6)12)10(13)11(14)15-3/h4-5,10H,13H2,1-3H3. The second-order valence-corrected chi connectivity index (χ2v) is 4.26. The third-order valence-corrected chi connectivity index (χ3v) is 3.52. The molecule has 1 aromatic rings. The van der Waals surface area contributed by atoms with Gasteiger partial charge in [0.2, 0.25) is 0 Å². The molecule has 0 bridgehead atoms. The summed E-state index contributed by atoms with van der Waals surface area (Å²) in [5.74, 6) is -0.420. The van der Waals surface area contributed by atoms with E-state index in [1.165, 1.54) is 7.11 Å². The minimum Gasteiger partial charge on any atom is -0.468 e. The second kappa shape index (κ2) is 4.77. The van der Waals surface area contributed by atoms with Gasteiger partial charge in [-0.3, -0.25) is 4.79 Å². The van der Waals surface area contributed by atoms with Crippen LogP contribution in [0.1, 0.15) is 22.7 Å². The number of methoxy groups -OCH3 is 1. The highest BCUT2D eigenvalue weighted by molar-refractivity contribution is 9.10. The van der Waals surface area contributed by atoms with Crippen molar-refractivity contribution in [3.05, 3.63) is 33.3 Å². The first-order valence-corrected chi connectivity index (χ1v) is 5.36. The number of carbonyl (C=O) groups is 1. The lowest BCUT2D eigenvalue weighted by atomic mass is 10.0. The van der Waals surface area contributed by atoms with E-state index in [4.69, 9.17) is 5.73 Å². The molecule has 0 aliphatic carbocycles. The van der Waals surface area contributed by atoms with E-state index in [1.54, 1.807) is 0 Å². The van der Waals surface area contributed by atoms with Gasteiger partial charge < -0.3 is 10.5 Å². The number of hydrogen-bond donors (Lipinski definition) is 1. The van der Waals surface area contributed by atoms with Crippen LogP contribution in [0.15, 0.2) is 16.6 Å². The maximum Gasteiger partial charge on any atom is 0.327 e. The van der Waals surface area contributed by atoms with Crippen molar-refractivity contribution < 1.29 is 9.53 Å². The fourth-order valence-corrected chi connectivity index (χ4v) is 1.65. The molecule has 1 atom stereocenters. The Morgan fingerprint density at radius 1 is 1.40 bits per heavy atom. The summed E-state index contributed by atoms with van der Waals surface area (Å²) < 4.78 is 5.65. The molecule has 0 saturated heterocycles. The summed E-state index contributed by atoms with van der Waals surface area (Å²) in [6.07, 6.45) is 0. The summed E-state index contributed by atoms with van der Waals surface area (Å²) in [5.41, 5.74) is 8.64. The molecule has 82 valence electrons. The number of rotatable bonds is 2. The molecule has 0 aliphatic rings. The van der Waals surface area contributed by atoms with E-state index in [9.17, 15) is 4.79 Å². The average molecular weight is 272 g/mol. The quantitative estimate of drug-likeness (QED) is 0.840. The molecule has 0 aromatic heterocycles. The lowest BCUT2D eigenvalue weighted by Gasteiger charge is -2.12. The largest absolute Gasteiger partial charge is 0.468 e. The smallest absolute Gasteiger partial charge is 0.327 e. The van der Waals surface area contributed by atoms with E-state index in [-0.39, 0.29) is 0 Å². The van der Waals surface area contributed by atoms with Gasteiger partial charge in [0, 0.05) is 4.47 Å². The van der Waals surface area contributed by atoms with Crippen LogP contribution >= 0.6 is 15.9 Å². The molecular formula is C11H14BrNO2. The van der Waals surface area contributed by atoms with Gasteiger partial charge in [0.05, 0.1) is 7.11 Å². The van der Waals surface area contributed by atoms with Crippen molar-refractivity contribution in [1.82, 2.24) is 0 Å². The van der Waals surface area contributed by atoms with Crippen molar-refractivity contribution in [3.63, 3.8) is 0 Å². The zero-order valence-electron chi connectivity index (χ0n) is 9.00. The van der Waals surface area contributed by atoms with Gasteiger partial charge in [0.15, 0.2) is 0 Å². The van der Waals surface area contributed by atoms with Crippen LogP contribution in [0.5, 0.6) is 0 Å². The number of aryl methyl sites for hydroxylation is 2. The fraction of sp³-hybridized carbons (Fsp3) is 0.364. The monoisotopic (exact) mass is 271 g/mol. The molecule has 0 fully saturated rings. The van der Waals surface area contributed by atoms with E-state index in [0.717, 1.165) is 21.2 Å². The molecule has 0 amide bonds. The molecule has 0 aliphatic heterocycles. The maximum atomic E-state index is 11.3. The van der Waals surface area contributed by atoms with E-state index < -0.39 is 12.0 Å². The Bertz CT molecular complexity index is 367. The molecule has 0 saturated carbocycles. The number of ether oxygens (including phenoxy) is 1. The highest BCUT2D eigenvalue weighted by Crippen LogP contribution is 2.25. The first kappa shape index (κ1) is 12.2. The topological polar surface area (TPSA) is 52.3 Å². The van der Waals surface area contributed by atoms with Crippen LogP contribution in [-0.2, 0) is 9.53 Å². The van der Waals surface area contributed by atoms with E-state index in [2.05, 4.69) is 20.7 Å². The highest BCUT2D eigenvalue weighted by Gasteiger charge is 2.17. The van der Waals surface area contributed by atoms with Gasteiger partial charge in [-0.1, -0.05) is 28.1 Å². The second-order valence-electron chi connectivity index (χ2n) is 3.47. The van der Waals surface area contributed by atoms with Gasteiger partial charge in [-0.2, -0.15) is 0 Å². The average Bonchev–Trinajstić information content (AvgIpc) is 2.23. The van der Waals surface area contributed by atoms with Gasteiger partial charge in [-0.15, -0.1) is 0 Å². The van der Waals surface area contributed by atoms with E-state index in [1.807, 2.05) is 26.0 Å². The van der Waals surface area contributed by atoms with Crippen molar-refractivity contribution in [1.29, 1.82) is 0 Å². The Hall–Kier alpha value is -0.870. The third kappa shape index (κ3) is 2.58. The Kier molecular flexibility index (Phi) is 3.88. The van der Waals surface area contributed by atoms with Crippen molar-refractivity contribution in [2.24, 2.45) is 5.73 Å². The van der Waals surface area contributed by atoms with Crippen LogP contribution in [0.2, 0.25) is 0 Å².